The van der Waals surface area contributed by atoms with Crippen molar-refractivity contribution in [3.05, 3.63) is 33.3 Å². The molecule has 0 heterocycles. The van der Waals surface area contributed by atoms with Crippen molar-refractivity contribution in [1.29, 1.82) is 0 Å². The first kappa shape index (κ1) is 16.0. The maximum absolute atomic E-state index is 11.9. The van der Waals surface area contributed by atoms with E-state index in [9.17, 15) is 14.7 Å². The first-order chi connectivity index (χ1) is 8.70. The topological polar surface area (TPSA) is 69.4 Å². The highest BCUT2D eigenvalue weighted by Crippen LogP contribution is 2.28. The molecule has 0 saturated heterocycles. The molecule has 0 N–H and O–H groups in total. The summed E-state index contributed by atoms with van der Waals surface area (Å²) in [5.74, 6) is 0. The van der Waals surface area contributed by atoms with E-state index in [1.54, 1.807) is 0 Å². The third kappa shape index (κ3) is 5.20. The summed E-state index contributed by atoms with van der Waals surface area (Å²) in [6.45, 7) is 1.05. The van der Waals surface area contributed by atoms with E-state index >= 15 is 0 Å². The third-order valence-corrected chi connectivity index (χ3v) is 3.73. The van der Waals surface area contributed by atoms with Crippen molar-refractivity contribution in [1.82, 2.24) is 0 Å². The fraction of sp³-hybridized carbons (Fsp3) is 0.455. The number of likely N-dealkylation sites (N-methyl/N-ethyl adjacent to an activating group) is 1. The van der Waals surface area contributed by atoms with E-state index in [4.69, 9.17) is 16.1 Å². The van der Waals surface area contributed by atoms with Crippen LogP contribution in [0.3, 0.4) is 0 Å². The fourth-order valence-electron chi connectivity index (χ4n) is 1.23. The zero-order chi connectivity index (χ0) is 14.6. The maximum atomic E-state index is 11.9. The molecule has 0 fully saturated rings. The zero-order valence-corrected chi connectivity index (χ0v) is 12.6. The minimum absolute atomic E-state index is 0.0407. The van der Waals surface area contributed by atoms with Crippen molar-refractivity contribution in [2.45, 2.75) is 0 Å². The smallest absolute Gasteiger partial charge is 0.329 e. The normalized spacial score (nSPS) is 12.3. The van der Waals surface area contributed by atoms with E-state index in [0.29, 0.717) is 22.9 Å². The van der Waals surface area contributed by atoms with E-state index in [1.807, 2.05) is 21.1 Å². The van der Waals surface area contributed by atoms with Gasteiger partial charge in [-0.05, 0) is 4.57 Å². The molecule has 6 nitrogen and oxygen atoms in total. The van der Waals surface area contributed by atoms with Gasteiger partial charge in [0.05, 0.1) is 26.1 Å². The maximum Gasteiger partial charge on any atom is 0.548 e. The van der Waals surface area contributed by atoms with Gasteiger partial charge in [-0.25, -0.2) is 0 Å². The van der Waals surface area contributed by atoms with Gasteiger partial charge >= 0.3 is 8.03 Å². The van der Waals surface area contributed by atoms with Gasteiger partial charge < -0.3 is 4.48 Å². The second kappa shape index (κ2) is 6.39. The third-order valence-electron chi connectivity index (χ3n) is 2.31. The Morgan fingerprint density at radius 3 is 2.53 bits per heavy atom. The van der Waals surface area contributed by atoms with Crippen LogP contribution in [-0.4, -0.2) is 43.7 Å². The molecule has 0 aliphatic carbocycles. The molecule has 1 aromatic carbocycles. The number of nitro groups is 1. The Labute approximate surface area is 117 Å². The van der Waals surface area contributed by atoms with Crippen LogP contribution >= 0.6 is 19.6 Å². The lowest BCUT2D eigenvalue weighted by atomic mass is 10.3. The summed E-state index contributed by atoms with van der Waals surface area (Å²) in [4.78, 5) is 10.0. The van der Waals surface area contributed by atoms with Gasteiger partial charge in [-0.2, -0.15) is 0 Å². The highest BCUT2D eigenvalue weighted by atomic mass is 35.5. The quantitative estimate of drug-likeness (QED) is 0.350. The Kier molecular flexibility index (Phi) is 5.38. The van der Waals surface area contributed by atoms with Gasteiger partial charge in [-0.3, -0.25) is 10.1 Å². The largest absolute Gasteiger partial charge is 0.548 e. The van der Waals surface area contributed by atoms with E-state index < -0.39 is 13.0 Å². The van der Waals surface area contributed by atoms with Gasteiger partial charge in [-0.1, -0.05) is 11.6 Å². The van der Waals surface area contributed by atoms with E-state index in [0.717, 1.165) is 0 Å². The van der Waals surface area contributed by atoms with Crippen LogP contribution in [0.2, 0.25) is 5.02 Å². The van der Waals surface area contributed by atoms with E-state index in [-0.39, 0.29) is 10.7 Å². The molecular formula is C11H16ClN2O4P+2. The van der Waals surface area contributed by atoms with Crippen molar-refractivity contribution in [2.24, 2.45) is 0 Å². The first-order valence-corrected chi connectivity index (χ1v) is 7.11. The summed E-state index contributed by atoms with van der Waals surface area (Å²) in [5, 5.41) is 10.9. The molecule has 0 spiro atoms. The lowest BCUT2D eigenvalue weighted by Gasteiger charge is -2.21. The van der Waals surface area contributed by atoms with Gasteiger partial charge in [0.25, 0.3) is 5.69 Å². The second-order valence-electron chi connectivity index (χ2n) is 5.00. The van der Waals surface area contributed by atoms with E-state index in [1.165, 1.54) is 18.2 Å². The summed E-state index contributed by atoms with van der Waals surface area (Å²) >= 11 is 5.75. The Bertz CT molecular complexity index is 502. The molecule has 0 aliphatic rings. The molecule has 8 heteroatoms. The van der Waals surface area contributed by atoms with Crippen molar-refractivity contribution in [3.63, 3.8) is 0 Å². The van der Waals surface area contributed by atoms with Crippen molar-refractivity contribution >= 4 is 30.6 Å². The summed E-state index contributed by atoms with van der Waals surface area (Å²) < 4.78 is 17.8. The van der Waals surface area contributed by atoms with E-state index in [2.05, 4.69) is 0 Å². The van der Waals surface area contributed by atoms with Crippen molar-refractivity contribution < 1.29 is 18.5 Å². The molecule has 19 heavy (non-hydrogen) atoms. The van der Waals surface area contributed by atoms with Gasteiger partial charge in [0.15, 0.2) is 6.61 Å². The van der Waals surface area contributed by atoms with Crippen LogP contribution in [0, 0.1) is 10.1 Å². The minimum atomic E-state index is -2.04. The molecular weight excluding hydrogens is 291 g/mol. The SMILES string of the molecule is C[N+](C)(C)CCO[P+](=O)c1ccc([N+](=O)[O-])c(Cl)c1. The van der Waals surface area contributed by atoms with Crippen LogP contribution in [-0.2, 0) is 9.09 Å². The number of halogens is 1. The van der Waals surface area contributed by atoms with Crippen LogP contribution in [0.5, 0.6) is 0 Å². The average Bonchev–Trinajstić information content (AvgIpc) is 2.26. The van der Waals surface area contributed by atoms with Crippen molar-refractivity contribution in [3.8, 4) is 0 Å². The molecule has 0 aromatic heterocycles. The number of nitrogens with zero attached hydrogens (tertiary/aromatic N) is 2. The Morgan fingerprint density at radius 1 is 1.42 bits per heavy atom. The van der Waals surface area contributed by atoms with Gasteiger partial charge in [0.1, 0.15) is 11.6 Å². The standard InChI is InChI=1S/C11H16ClN2O4P/c1-14(2,3)6-7-18-19(17)9-4-5-11(13(15)16)10(12)8-9/h4-5,8H,6-7H2,1-3H3/q+2. The first-order valence-electron chi connectivity index (χ1n) is 5.55. The number of hydrogen-bond acceptors (Lipinski definition) is 4. The summed E-state index contributed by atoms with van der Waals surface area (Å²) in [5.41, 5.74) is -0.208. The molecule has 0 radical (unpaired) electrons. The predicted molar refractivity (Wildman–Crippen MR) is 74.2 cm³/mol. The fourth-order valence-corrected chi connectivity index (χ4v) is 2.38. The zero-order valence-electron chi connectivity index (χ0n) is 11.0. The minimum Gasteiger partial charge on any atom is -0.329 e. The van der Waals surface area contributed by atoms with Crippen LogP contribution in [0.25, 0.3) is 0 Å². The number of rotatable bonds is 6. The van der Waals surface area contributed by atoms with Gasteiger partial charge in [0, 0.05) is 18.2 Å². The Hall–Kier alpha value is -1.07. The van der Waals surface area contributed by atoms with Crippen LogP contribution in [0.4, 0.5) is 5.69 Å². The van der Waals surface area contributed by atoms with Crippen LogP contribution < -0.4 is 5.30 Å². The van der Waals surface area contributed by atoms with Crippen LogP contribution in [0.1, 0.15) is 0 Å². The lowest BCUT2D eigenvalue weighted by Crippen LogP contribution is -2.37. The molecule has 1 aromatic rings. The molecule has 104 valence electrons. The monoisotopic (exact) mass is 306 g/mol. The predicted octanol–water partition coefficient (Wildman–Crippen LogP) is 2.34. The summed E-state index contributed by atoms with van der Waals surface area (Å²) in [6.07, 6.45) is 0. The molecule has 0 aliphatic heterocycles. The second-order valence-corrected chi connectivity index (χ2v) is 6.69. The molecule has 1 unspecified atom stereocenters. The molecule has 1 atom stereocenters. The number of hydrogen-bond donors (Lipinski definition) is 0. The van der Waals surface area contributed by atoms with Crippen molar-refractivity contribution in [2.75, 3.05) is 34.3 Å². The summed E-state index contributed by atoms with van der Waals surface area (Å²) in [6, 6.07) is 3.94. The lowest BCUT2D eigenvalue weighted by molar-refractivity contribution is -0.870. The number of nitro benzene ring substituents is 1. The summed E-state index contributed by atoms with van der Waals surface area (Å²) in [7, 11) is 3.95. The Morgan fingerprint density at radius 2 is 2.05 bits per heavy atom. The highest BCUT2D eigenvalue weighted by Gasteiger charge is 2.26. The molecule has 0 bridgehead atoms. The van der Waals surface area contributed by atoms with Gasteiger partial charge in [-0.15, -0.1) is 4.52 Å². The molecule has 0 amide bonds. The Balaban J connectivity index is 2.68. The number of quaternary nitrogens is 1. The van der Waals surface area contributed by atoms with Crippen LogP contribution in [0.15, 0.2) is 18.2 Å². The number of benzene rings is 1. The highest BCUT2D eigenvalue weighted by molar-refractivity contribution is 7.48. The molecule has 0 saturated carbocycles. The molecule has 1 rings (SSSR count). The van der Waals surface area contributed by atoms with Gasteiger partial charge in [0.2, 0.25) is 5.30 Å². The average molecular weight is 307 g/mol.